The Balaban J connectivity index is 1.12. The number of ether oxygens (including phenoxy) is 1. The summed E-state index contributed by atoms with van der Waals surface area (Å²) in [6.45, 7) is 2.42. The van der Waals surface area contributed by atoms with Gasteiger partial charge < -0.3 is 69.0 Å². The quantitative estimate of drug-likeness (QED) is 0.0234. The van der Waals surface area contributed by atoms with E-state index in [-0.39, 0.29) is 41.6 Å². The van der Waals surface area contributed by atoms with E-state index < -0.39 is 84.6 Å². The smallest absolute Gasteiger partial charge is 0.274 e. The van der Waals surface area contributed by atoms with E-state index in [1.807, 2.05) is 0 Å². The van der Waals surface area contributed by atoms with Crippen molar-refractivity contribution in [2.45, 2.75) is 225 Å². The highest BCUT2D eigenvalue weighted by Gasteiger charge is 2.47. The molecule has 2 amide bonds. The number of carbonyl (C=O) groups excluding carboxylic acids is 3. The summed E-state index contributed by atoms with van der Waals surface area (Å²) in [4.78, 5) is 97.4. The number of anilines is 1. The Labute approximate surface area is 518 Å². The lowest BCUT2D eigenvalue weighted by atomic mass is 9.87. The average molecular weight is 1300 g/mol. The Kier molecular flexibility index (Phi) is 39.1. The van der Waals surface area contributed by atoms with E-state index in [2.05, 4.69) is 111 Å². The van der Waals surface area contributed by atoms with Crippen molar-refractivity contribution >= 4 is 69.1 Å². The monoisotopic (exact) mass is 1300 g/mol. The Morgan fingerprint density at radius 2 is 1.22 bits per heavy atom. The summed E-state index contributed by atoms with van der Waals surface area (Å²) in [5, 5.41) is 26.6. The summed E-state index contributed by atoms with van der Waals surface area (Å²) >= 11 is 1.15. The molecule has 7 atom stereocenters. The number of allylic oxidation sites excluding steroid dienone is 10. The maximum absolute atomic E-state index is 12.7. The number of nitrogens with zero attached hydrogens (tertiary/aromatic N) is 4. The summed E-state index contributed by atoms with van der Waals surface area (Å²) < 4.78 is 61.1. The number of thioether (sulfide) groups is 1. The molecule has 2 aromatic rings. The second kappa shape index (κ2) is 43.9. The van der Waals surface area contributed by atoms with Gasteiger partial charge in [-0.2, -0.15) is 0 Å². The van der Waals surface area contributed by atoms with Crippen molar-refractivity contribution < 1.29 is 80.5 Å². The minimum atomic E-state index is -5.93. The fraction of sp³-hybridized carbons (Fsp3) is 0.695. The van der Waals surface area contributed by atoms with Crippen LogP contribution in [0.15, 0.2) is 73.4 Å². The van der Waals surface area contributed by atoms with Gasteiger partial charge >= 0.3 is 0 Å². The van der Waals surface area contributed by atoms with Crippen LogP contribution in [0, 0.1) is 5.41 Å². The Bertz CT molecular complexity index is 2600. The van der Waals surface area contributed by atoms with Gasteiger partial charge in [-0.3, -0.25) is 28.1 Å². The third-order valence-electron chi connectivity index (χ3n) is 14.1. The molecular formula is C59H96N7O17P3S-4. The number of hydrogen-bond donors (Lipinski definition) is 5. The van der Waals surface area contributed by atoms with Gasteiger partial charge in [0.25, 0.3) is 15.6 Å². The number of amides is 2. The van der Waals surface area contributed by atoms with Crippen molar-refractivity contribution in [2.75, 3.05) is 37.8 Å². The lowest BCUT2D eigenvalue weighted by molar-refractivity contribution is -0.347. The van der Waals surface area contributed by atoms with Crippen molar-refractivity contribution in [3.8, 4) is 0 Å². The first-order chi connectivity index (χ1) is 41.6. The van der Waals surface area contributed by atoms with E-state index in [9.17, 15) is 57.9 Å². The number of nitrogens with two attached hydrogens (primary N) is 1. The van der Waals surface area contributed by atoms with E-state index in [1.54, 1.807) is 0 Å². The van der Waals surface area contributed by atoms with E-state index in [4.69, 9.17) is 10.5 Å². The number of imidazole rings is 1. The largest absolute Gasteiger partial charge is 0.790 e. The number of fused-ring (bicyclic) bond motifs is 1. The molecule has 3 rings (SSSR count). The van der Waals surface area contributed by atoms with Gasteiger partial charge in [0.2, 0.25) is 11.8 Å². The number of aliphatic hydroxyl groups is 2. The van der Waals surface area contributed by atoms with Crippen molar-refractivity contribution in [2.24, 2.45) is 5.41 Å². The number of aromatic nitrogens is 4. The third kappa shape index (κ3) is 34.9. The van der Waals surface area contributed by atoms with Crippen LogP contribution in [0.1, 0.15) is 200 Å². The van der Waals surface area contributed by atoms with Crippen LogP contribution in [0.25, 0.3) is 11.2 Å². The van der Waals surface area contributed by atoms with Crippen molar-refractivity contribution in [1.29, 1.82) is 0 Å². The lowest BCUT2D eigenvalue weighted by Gasteiger charge is -2.36. The lowest BCUT2D eigenvalue weighted by Crippen LogP contribution is -2.46. The van der Waals surface area contributed by atoms with Crippen molar-refractivity contribution in [3.05, 3.63) is 73.4 Å². The first kappa shape index (κ1) is 77.5. The van der Waals surface area contributed by atoms with Gasteiger partial charge in [-0.05, 0) is 57.8 Å². The highest BCUT2D eigenvalue weighted by molar-refractivity contribution is 8.13. The van der Waals surface area contributed by atoms with Gasteiger partial charge in [0.05, 0.1) is 27.4 Å². The molecule has 2 aromatic heterocycles. The normalized spacial score (nSPS) is 18.7. The minimum Gasteiger partial charge on any atom is -0.790 e. The molecule has 0 aliphatic carbocycles. The highest BCUT2D eigenvalue weighted by Crippen LogP contribution is 2.56. The number of carbonyl (C=O) groups is 3. The molecule has 0 radical (unpaired) electrons. The zero-order valence-electron chi connectivity index (χ0n) is 51.1. The van der Waals surface area contributed by atoms with E-state index in [1.165, 1.54) is 129 Å². The number of nitrogens with one attached hydrogen (secondary N) is 2. The number of phosphoric acid groups is 3. The molecule has 0 spiro atoms. The molecule has 28 heteroatoms. The van der Waals surface area contributed by atoms with Crippen LogP contribution in [0.5, 0.6) is 0 Å². The Morgan fingerprint density at radius 3 is 1.76 bits per heavy atom. The predicted molar refractivity (Wildman–Crippen MR) is 330 cm³/mol. The molecular weight excluding hydrogens is 1200 g/mol. The fourth-order valence-corrected chi connectivity index (χ4v) is 12.6. The third-order valence-corrected chi connectivity index (χ3v) is 18.1. The number of nitrogen functional groups attached to an aromatic ring is 1. The molecule has 0 aromatic carbocycles. The van der Waals surface area contributed by atoms with Crippen LogP contribution in [-0.2, 0) is 50.7 Å². The van der Waals surface area contributed by atoms with Gasteiger partial charge in [-0.15, -0.1) is 0 Å². The van der Waals surface area contributed by atoms with Crippen molar-refractivity contribution in [1.82, 2.24) is 30.2 Å². The summed E-state index contributed by atoms with van der Waals surface area (Å²) in [6, 6.07) is 0. The van der Waals surface area contributed by atoms with Gasteiger partial charge in [-0.25, -0.2) is 19.3 Å². The fourth-order valence-electron chi connectivity index (χ4n) is 9.18. The van der Waals surface area contributed by atoms with Crippen LogP contribution in [0.3, 0.4) is 0 Å². The molecule has 1 saturated heterocycles. The van der Waals surface area contributed by atoms with Gasteiger partial charge in [0.1, 0.15) is 36.3 Å². The number of phosphoric ester groups is 3. The molecule has 0 saturated carbocycles. The first-order valence-corrected chi connectivity index (χ1v) is 36.1. The molecule has 1 aliphatic rings. The molecule has 6 N–H and O–H groups in total. The van der Waals surface area contributed by atoms with Crippen LogP contribution in [-0.4, -0.2) is 103 Å². The Hall–Kier alpha value is -3.74. The highest BCUT2D eigenvalue weighted by atomic mass is 32.2. The second-order valence-electron chi connectivity index (χ2n) is 22.2. The molecule has 1 aliphatic heterocycles. The van der Waals surface area contributed by atoms with Gasteiger partial charge in [0, 0.05) is 37.1 Å². The van der Waals surface area contributed by atoms with Crippen LogP contribution in [0.2, 0.25) is 0 Å². The SMILES string of the molecule is CCCCC/C=C\C/C=C\C/C=C\C/C=C\C/C=C\CCCCCCCCCCCCCCCCCCC(=O)SCCNC(=O)CCNC(=O)[C@H](O)C(C)(C)COP(=O)([O-])OP(=O)([O-])OC[C@H]1O[C@@H](n2cnc3c(N)ncnc32)[C@H](O)[C@@H]1OP(=O)([O-])[O-]. The maximum atomic E-state index is 12.7. The van der Waals surface area contributed by atoms with E-state index in [0.717, 1.165) is 73.9 Å². The molecule has 87 heavy (non-hydrogen) atoms. The maximum Gasteiger partial charge on any atom is 0.274 e. The summed E-state index contributed by atoms with van der Waals surface area (Å²) in [7, 11) is -17.6. The number of hydrogen-bond acceptors (Lipinski definition) is 22. The van der Waals surface area contributed by atoms with E-state index in [0.29, 0.717) is 12.2 Å². The van der Waals surface area contributed by atoms with Crippen molar-refractivity contribution in [3.63, 3.8) is 0 Å². The number of unbranched alkanes of at least 4 members (excludes halogenated alkanes) is 19. The summed E-state index contributed by atoms with van der Waals surface area (Å²) in [5.74, 6) is -1.13. The molecule has 3 heterocycles. The second-order valence-corrected chi connectivity index (χ2v) is 27.4. The standard InChI is InChI=1S/C59H100N7O17P3S/c1-4-5-6-7-8-9-10-11-12-13-14-15-16-17-18-19-20-21-22-23-24-25-26-27-28-29-30-31-32-33-34-35-36-37-38-39-50(68)87-43-42-61-49(67)40-41-62-57(71)54(70)59(2,3)45-80-86(77,78)83-85(75,76)79-44-48-53(82-84(72,73)74)52(69)58(81-48)66-47-65-51-55(60)63-46-64-56(51)66/h8-9,11-12,14-15,17-18,20-21,46-48,52-54,58,69-70H,4-7,10,13,16,19,22-45H2,1-3H3,(H,61,67)(H,62,71)(H,75,76)(H,77,78)(H2,60,63,64)(H2,72,73,74)/p-4/b9-8-,12-11-,15-14-,18-17-,21-20-/t48-,52-,53-,54+,58-/m1/s1. The zero-order chi connectivity index (χ0) is 63.8. The first-order valence-electron chi connectivity index (χ1n) is 30.8. The number of aliphatic hydroxyl groups excluding tert-OH is 2. The van der Waals surface area contributed by atoms with Gasteiger partial charge in [-0.1, -0.05) is 196 Å². The zero-order valence-corrected chi connectivity index (χ0v) is 54.6. The Morgan fingerprint density at radius 1 is 0.713 bits per heavy atom. The van der Waals surface area contributed by atoms with Crippen LogP contribution < -0.4 is 35.9 Å². The summed E-state index contributed by atoms with van der Waals surface area (Å²) in [6.07, 6.45) is 45.7. The molecule has 2 unspecified atom stereocenters. The van der Waals surface area contributed by atoms with E-state index >= 15 is 0 Å². The topological polar surface area (TPSA) is 375 Å². The molecule has 24 nitrogen and oxygen atoms in total. The van der Waals surface area contributed by atoms with Crippen LogP contribution >= 0.6 is 35.2 Å². The van der Waals surface area contributed by atoms with Crippen LogP contribution in [0.4, 0.5) is 5.82 Å². The van der Waals surface area contributed by atoms with Gasteiger partial charge in [0.15, 0.2) is 22.8 Å². The summed E-state index contributed by atoms with van der Waals surface area (Å²) in [5.41, 5.74) is 4.10. The minimum absolute atomic E-state index is 0.0185. The predicted octanol–water partition coefficient (Wildman–Crippen LogP) is 9.08. The average Bonchev–Trinajstić information content (AvgIpc) is 1.70. The molecule has 1 fully saturated rings. The number of rotatable bonds is 50. The molecule has 494 valence electrons. The molecule has 0 bridgehead atoms.